The third kappa shape index (κ3) is 7.03. The van der Waals surface area contributed by atoms with Crippen molar-refractivity contribution in [1.29, 1.82) is 0 Å². The minimum Gasteiger partial charge on any atom is -0.389 e. The fourth-order valence-corrected chi connectivity index (χ4v) is 5.19. The van der Waals surface area contributed by atoms with E-state index in [-0.39, 0.29) is 43.5 Å². The van der Waals surface area contributed by atoms with Crippen LogP contribution in [0.5, 0.6) is 0 Å². The predicted octanol–water partition coefficient (Wildman–Crippen LogP) is 5.00. The van der Waals surface area contributed by atoms with Gasteiger partial charge in [0.25, 0.3) is 17.4 Å². The minimum absolute atomic E-state index is 0.0410. The summed E-state index contributed by atoms with van der Waals surface area (Å²) >= 11 is 0.147. The summed E-state index contributed by atoms with van der Waals surface area (Å²) < 4.78 is 137. The number of likely N-dealkylation sites (tertiary alicyclic amines) is 1. The summed E-state index contributed by atoms with van der Waals surface area (Å²) in [5.41, 5.74) is -13.9. The zero-order valence-corrected chi connectivity index (χ0v) is 23.2. The molecule has 19 heteroatoms. The van der Waals surface area contributed by atoms with Crippen molar-refractivity contribution in [3.63, 3.8) is 0 Å². The lowest BCUT2D eigenvalue weighted by Crippen LogP contribution is -2.54. The van der Waals surface area contributed by atoms with Crippen molar-refractivity contribution < 1.29 is 63.7 Å². The molecule has 3 heterocycles. The number of nitrogens with zero attached hydrogens (tertiary/aromatic N) is 3. The predicted molar refractivity (Wildman–Crippen MR) is 130 cm³/mol. The van der Waals surface area contributed by atoms with Crippen molar-refractivity contribution in [2.45, 2.75) is 75.6 Å². The number of carbonyl (C=O) groups is 2. The van der Waals surface area contributed by atoms with Gasteiger partial charge >= 0.3 is 18.5 Å². The van der Waals surface area contributed by atoms with Crippen LogP contribution in [0.1, 0.15) is 65.2 Å². The molecule has 1 unspecified atom stereocenters. The Morgan fingerprint density at radius 1 is 1.07 bits per heavy atom. The van der Waals surface area contributed by atoms with Gasteiger partial charge in [0.05, 0.1) is 21.7 Å². The Balaban J connectivity index is 2.27. The molecule has 0 aromatic carbocycles. The van der Waals surface area contributed by atoms with E-state index in [1.807, 2.05) is 0 Å². The number of aliphatic hydroxyl groups is 2. The molecule has 8 nitrogen and oxygen atoms in total. The molecule has 43 heavy (non-hydrogen) atoms. The molecule has 0 radical (unpaired) electrons. The molecular formula is C24H24F10N4O4S. The molecule has 0 spiro atoms. The highest BCUT2D eigenvalue weighted by Crippen LogP contribution is 2.51. The topological polar surface area (TPSA) is 116 Å². The smallest absolute Gasteiger partial charge is 0.389 e. The molecule has 1 fully saturated rings. The van der Waals surface area contributed by atoms with Crippen molar-refractivity contribution in [1.82, 2.24) is 20.2 Å². The molecule has 0 bridgehead atoms. The number of hydrogen-bond acceptors (Lipinski definition) is 7. The Hall–Kier alpha value is -3.06. The van der Waals surface area contributed by atoms with Crippen LogP contribution in [0.2, 0.25) is 0 Å². The van der Waals surface area contributed by atoms with Gasteiger partial charge in [-0.2, -0.15) is 39.5 Å². The Bertz CT molecular complexity index is 1350. The largest absolute Gasteiger partial charge is 0.432 e. The third-order valence-corrected chi connectivity index (χ3v) is 7.51. The highest BCUT2D eigenvalue weighted by molar-refractivity contribution is 7.17. The quantitative estimate of drug-likeness (QED) is 0.378. The van der Waals surface area contributed by atoms with Crippen LogP contribution in [0, 0.1) is 0 Å². The van der Waals surface area contributed by atoms with E-state index in [1.54, 1.807) is 0 Å². The van der Waals surface area contributed by atoms with Crippen LogP contribution >= 0.6 is 11.3 Å². The summed E-state index contributed by atoms with van der Waals surface area (Å²) in [5.74, 6) is -2.17. The Morgan fingerprint density at radius 2 is 1.65 bits per heavy atom. The molecule has 2 atom stereocenters. The molecule has 0 saturated carbocycles. The van der Waals surface area contributed by atoms with Crippen molar-refractivity contribution >= 4 is 23.2 Å². The second-order valence-corrected chi connectivity index (χ2v) is 11.5. The standard InChI is InChI=1S/C24H24F10N4O4S/c1-10-6-11(25)4-5-38(10)19(40)15-16(43-18(37-15)17(39)36-9-20(2,3)41)12-8-35-14(7-13(12)22(26,27)28)21(42,23(29,30)31)24(32,33)34/h7-8,10-11,41-42H,4-6,9H2,1-3H3,(H,36,39)/t10-,11?/m1/s1. The van der Waals surface area contributed by atoms with Crippen LogP contribution in [0.3, 0.4) is 0 Å². The number of aromatic nitrogens is 2. The summed E-state index contributed by atoms with van der Waals surface area (Å²) in [6.45, 7) is 3.43. The number of carbonyl (C=O) groups excluding carboxylic acids is 2. The first-order valence-corrected chi connectivity index (χ1v) is 13.1. The highest BCUT2D eigenvalue weighted by atomic mass is 32.1. The number of pyridine rings is 1. The zero-order chi connectivity index (χ0) is 32.9. The summed E-state index contributed by atoms with van der Waals surface area (Å²) in [7, 11) is 0. The van der Waals surface area contributed by atoms with E-state index in [4.69, 9.17) is 0 Å². The Morgan fingerprint density at radius 3 is 2.14 bits per heavy atom. The van der Waals surface area contributed by atoms with Gasteiger partial charge in [0.2, 0.25) is 0 Å². The minimum atomic E-state index is -6.54. The molecule has 3 N–H and O–H groups in total. The lowest BCUT2D eigenvalue weighted by atomic mass is 9.94. The van der Waals surface area contributed by atoms with Crippen LogP contribution < -0.4 is 5.32 Å². The van der Waals surface area contributed by atoms with Gasteiger partial charge in [-0.1, -0.05) is 0 Å². The summed E-state index contributed by atoms with van der Waals surface area (Å²) in [6, 6.07) is -1.44. The maximum absolute atomic E-state index is 14.2. The van der Waals surface area contributed by atoms with Crippen LogP contribution in [-0.4, -0.2) is 80.2 Å². The fraction of sp³-hybridized carbons (Fsp3) is 0.583. The lowest BCUT2D eigenvalue weighted by Gasteiger charge is -2.34. The Labute approximate surface area is 240 Å². The number of hydrogen-bond donors (Lipinski definition) is 3. The average Bonchev–Trinajstić information content (AvgIpc) is 3.29. The van der Waals surface area contributed by atoms with Gasteiger partial charge in [0.1, 0.15) is 11.9 Å². The number of rotatable bonds is 6. The molecule has 0 aliphatic carbocycles. The highest BCUT2D eigenvalue weighted by Gasteiger charge is 2.72. The SMILES string of the molecule is C[C@@H]1CC(F)CCN1C(=O)c1nc(C(=O)NCC(C)(C)O)sc1-c1cnc(C(O)(C(F)(F)F)C(F)(F)F)cc1C(F)(F)F. The van der Waals surface area contributed by atoms with Gasteiger partial charge in [-0.3, -0.25) is 14.6 Å². The molecule has 1 saturated heterocycles. The monoisotopic (exact) mass is 654 g/mol. The number of thiazole rings is 1. The van der Waals surface area contributed by atoms with Gasteiger partial charge < -0.3 is 20.4 Å². The van der Waals surface area contributed by atoms with Crippen LogP contribution in [0.15, 0.2) is 12.3 Å². The molecular weight excluding hydrogens is 630 g/mol. The number of amides is 2. The second-order valence-electron chi connectivity index (χ2n) is 10.5. The first kappa shape index (κ1) is 34.4. The van der Waals surface area contributed by atoms with E-state index in [9.17, 15) is 63.7 Å². The van der Waals surface area contributed by atoms with Crippen molar-refractivity contribution in [2.24, 2.45) is 0 Å². The van der Waals surface area contributed by atoms with E-state index in [0.29, 0.717) is 0 Å². The van der Waals surface area contributed by atoms with E-state index in [0.717, 1.165) is 4.90 Å². The number of nitrogens with one attached hydrogen (secondary N) is 1. The first-order valence-electron chi connectivity index (χ1n) is 12.3. The van der Waals surface area contributed by atoms with E-state index in [2.05, 4.69) is 15.3 Å². The van der Waals surface area contributed by atoms with Crippen molar-refractivity contribution in [2.75, 3.05) is 13.1 Å². The summed E-state index contributed by atoms with van der Waals surface area (Å²) in [6.07, 6.45) is -20.4. The van der Waals surface area contributed by atoms with Gasteiger partial charge in [-0.15, -0.1) is 11.3 Å². The normalized spacial score (nSPS) is 19.0. The molecule has 3 rings (SSSR count). The summed E-state index contributed by atoms with van der Waals surface area (Å²) in [4.78, 5) is 33.1. The van der Waals surface area contributed by atoms with Crippen LogP contribution in [0.4, 0.5) is 43.9 Å². The fourth-order valence-electron chi connectivity index (χ4n) is 4.19. The van der Waals surface area contributed by atoms with Gasteiger partial charge in [-0.05, 0) is 39.7 Å². The number of alkyl halides is 10. The van der Waals surface area contributed by atoms with Crippen LogP contribution in [-0.2, 0) is 11.8 Å². The molecule has 2 aromatic heterocycles. The van der Waals surface area contributed by atoms with Gasteiger partial charge in [-0.25, -0.2) is 9.37 Å². The maximum atomic E-state index is 14.2. The van der Waals surface area contributed by atoms with Gasteiger partial charge in [0.15, 0.2) is 5.01 Å². The molecule has 2 aromatic rings. The molecule has 240 valence electrons. The van der Waals surface area contributed by atoms with Crippen molar-refractivity contribution in [3.8, 4) is 10.4 Å². The lowest BCUT2D eigenvalue weighted by molar-refractivity contribution is -0.377. The van der Waals surface area contributed by atoms with E-state index in [1.165, 1.54) is 20.8 Å². The third-order valence-electron chi connectivity index (χ3n) is 6.42. The van der Waals surface area contributed by atoms with E-state index >= 15 is 0 Å². The average molecular weight is 655 g/mol. The summed E-state index contributed by atoms with van der Waals surface area (Å²) in [5, 5.41) is 21.1. The molecule has 2 amide bonds. The first-order chi connectivity index (χ1) is 19.4. The number of piperidine rings is 1. The number of halogens is 10. The Kier molecular flexibility index (Phi) is 9.18. The van der Waals surface area contributed by atoms with Gasteiger partial charge in [0, 0.05) is 30.9 Å². The molecule has 1 aliphatic rings. The zero-order valence-electron chi connectivity index (χ0n) is 22.4. The second kappa shape index (κ2) is 11.5. The van der Waals surface area contributed by atoms with Crippen LogP contribution in [0.25, 0.3) is 10.4 Å². The van der Waals surface area contributed by atoms with Crippen molar-refractivity contribution in [3.05, 3.63) is 34.2 Å². The van der Waals surface area contributed by atoms with E-state index < -0.39 is 92.2 Å². The maximum Gasteiger partial charge on any atom is 0.432 e. The molecule has 1 aliphatic heterocycles.